The molecule has 0 unspecified atom stereocenters. The minimum absolute atomic E-state index is 0.192. The van der Waals surface area contributed by atoms with Crippen molar-refractivity contribution in [2.24, 2.45) is 5.92 Å². The maximum atomic E-state index is 13.1. The van der Waals surface area contributed by atoms with Crippen molar-refractivity contribution in [2.45, 2.75) is 25.6 Å². The van der Waals surface area contributed by atoms with Gasteiger partial charge in [-0.3, -0.25) is 14.5 Å². The molecule has 6 nitrogen and oxygen atoms in total. The standard InChI is InChI=1S/C28H30N2O4/c31-23(19-34-18-21-6-2-1-3-7-21)17-29-14-12-20(13-15-29)16-30-27(32)24-10-4-8-22-9-5-11-25(26(22)24)28(30)33/h1-11,20,23,31H,12-19H2/t23-/m1/s1. The molecule has 1 N–H and O–H groups in total. The summed E-state index contributed by atoms with van der Waals surface area (Å²) in [6.07, 6.45) is 1.24. The Kier molecular flexibility index (Phi) is 6.72. The van der Waals surface area contributed by atoms with Gasteiger partial charge in [-0.25, -0.2) is 0 Å². The van der Waals surface area contributed by atoms with Crippen LogP contribution in [0.5, 0.6) is 0 Å². The first kappa shape index (κ1) is 22.7. The maximum absolute atomic E-state index is 13.1. The molecule has 0 aromatic heterocycles. The fourth-order valence-electron chi connectivity index (χ4n) is 5.09. The van der Waals surface area contributed by atoms with E-state index in [1.807, 2.05) is 66.7 Å². The number of amides is 2. The van der Waals surface area contributed by atoms with E-state index in [4.69, 9.17) is 4.74 Å². The van der Waals surface area contributed by atoms with E-state index in [2.05, 4.69) is 4.90 Å². The summed E-state index contributed by atoms with van der Waals surface area (Å²) >= 11 is 0. The van der Waals surface area contributed by atoms with Crippen molar-refractivity contribution in [1.29, 1.82) is 0 Å². The first-order chi connectivity index (χ1) is 16.6. The molecule has 0 aliphatic carbocycles. The molecule has 0 bridgehead atoms. The zero-order chi connectivity index (χ0) is 23.5. The topological polar surface area (TPSA) is 70.1 Å². The third kappa shape index (κ3) is 4.75. The molecule has 2 aliphatic rings. The summed E-state index contributed by atoms with van der Waals surface area (Å²) in [5.41, 5.74) is 2.32. The number of aliphatic hydroxyl groups is 1. The van der Waals surface area contributed by atoms with Gasteiger partial charge in [0.25, 0.3) is 11.8 Å². The van der Waals surface area contributed by atoms with E-state index in [1.165, 1.54) is 4.90 Å². The van der Waals surface area contributed by atoms with Gasteiger partial charge in [-0.15, -0.1) is 0 Å². The molecule has 0 spiro atoms. The monoisotopic (exact) mass is 458 g/mol. The number of piperidine rings is 1. The Morgan fingerprint density at radius 1 is 0.882 bits per heavy atom. The van der Waals surface area contributed by atoms with Crippen molar-refractivity contribution in [2.75, 3.05) is 32.8 Å². The lowest BCUT2D eigenvalue weighted by Gasteiger charge is -2.36. The fourth-order valence-corrected chi connectivity index (χ4v) is 5.09. The summed E-state index contributed by atoms with van der Waals surface area (Å²) in [6.45, 7) is 3.48. The number of carbonyl (C=O) groups is 2. The largest absolute Gasteiger partial charge is 0.389 e. The number of hydrogen-bond acceptors (Lipinski definition) is 5. The van der Waals surface area contributed by atoms with Gasteiger partial charge in [0.1, 0.15) is 0 Å². The molecule has 2 aliphatic heterocycles. The number of β-amino-alcohol motifs (C(OH)–C–C–N with tert-alkyl or cyclic N) is 1. The second-order valence-electron chi connectivity index (χ2n) is 9.33. The van der Waals surface area contributed by atoms with Crippen LogP contribution in [0.1, 0.15) is 39.1 Å². The molecule has 0 saturated carbocycles. The number of aliphatic hydroxyl groups excluding tert-OH is 1. The molecule has 1 fully saturated rings. The highest BCUT2D eigenvalue weighted by Gasteiger charge is 2.34. The summed E-state index contributed by atoms with van der Waals surface area (Å²) in [5.74, 6) is -0.120. The van der Waals surface area contributed by atoms with Gasteiger partial charge in [-0.2, -0.15) is 0 Å². The Bertz CT molecular complexity index is 1120. The van der Waals surface area contributed by atoms with Gasteiger partial charge in [-0.05, 0) is 54.9 Å². The maximum Gasteiger partial charge on any atom is 0.261 e. The van der Waals surface area contributed by atoms with Crippen LogP contribution in [0.2, 0.25) is 0 Å². The van der Waals surface area contributed by atoms with Gasteiger partial charge in [-0.1, -0.05) is 54.6 Å². The Labute approximate surface area is 199 Å². The van der Waals surface area contributed by atoms with Gasteiger partial charge in [0, 0.05) is 29.6 Å². The van der Waals surface area contributed by atoms with Crippen molar-refractivity contribution in [1.82, 2.24) is 9.80 Å². The molecule has 6 heteroatoms. The van der Waals surface area contributed by atoms with Gasteiger partial charge in [0.2, 0.25) is 0 Å². The number of hydrogen-bond donors (Lipinski definition) is 1. The van der Waals surface area contributed by atoms with Crippen LogP contribution in [-0.2, 0) is 11.3 Å². The average Bonchev–Trinajstić information content (AvgIpc) is 2.86. The first-order valence-corrected chi connectivity index (χ1v) is 12.0. The number of nitrogens with zero attached hydrogens (tertiary/aromatic N) is 2. The van der Waals surface area contributed by atoms with Crippen LogP contribution in [0.3, 0.4) is 0 Å². The molecule has 2 amide bonds. The Morgan fingerprint density at radius 3 is 2.18 bits per heavy atom. The zero-order valence-electron chi connectivity index (χ0n) is 19.2. The highest BCUT2D eigenvalue weighted by molar-refractivity contribution is 6.25. The van der Waals surface area contributed by atoms with Gasteiger partial charge < -0.3 is 14.7 Å². The Balaban J connectivity index is 1.12. The van der Waals surface area contributed by atoms with Crippen molar-refractivity contribution in [3.8, 4) is 0 Å². The summed E-state index contributed by atoms with van der Waals surface area (Å²) in [5, 5.41) is 12.1. The van der Waals surface area contributed by atoms with E-state index in [0.29, 0.717) is 37.4 Å². The predicted molar refractivity (Wildman–Crippen MR) is 131 cm³/mol. The van der Waals surface area contributed by atoms with Crippen LogP contribution in [0.25, 0.3) is 10.8 Å². The summed E-state index contributed by atoms with van der Waals surface area (Å²) in [4.78, 5) is 30.0. The molecule has 176 valence electrons. The second kappa shape index (κ2) is 10.1. The van der Waals surface area contributed by atoms with Gasteiger partial charge >= 0.3 is 0 Å². The van der Waals surface area contributed by atoms with Crippen LogP contribution >= 0.6 is 0 Å². The van der Waals surface area contributed by atoms with Crippen LogP contribution < -0.4 is 0 Å². The predicted octanol–water partition coefficient (Wildman–Crippen LogP) is 3.73. The second-order valence-corrected chi connectivity index (χ2v) is 9.33. The van der Waals surface area contributed by atoms with Crippen LogP contribution in [-0.4, -0.2) is 65.6 Å². The Hall–Kier alpha value is -3.06. The summed E-state index contributed by atoms with van der Waals surface area (Å²) in [7, 11) is 0. The number of benzene rings is 3. The van der Waals surface area contributed by atoms with Gasteiger partial charge in [0.15, 0.2) is 0 Å². The van der Waals surface area contributed by atoms with E-state index < -0.39 is 6.10 Å². The zero-order valence-corrected chi connectivity index (χ0v) is 19.2. The average molecular weight is 459 g/mol. The van der Waals surface area contributed by atoms with Crippen molar-refractivity contribution >= 4 is 22.6 Å². The third-order valence-electron chi connectivity index (χ3n) is 6.89. The fraction of sp³-hybridized carbons (Fsp3) is 0.357. The normalized spacial score (nSPS) is 18.0. The molecule has 1 saturated heterocycles. The smallest absolute Gasteiger partial charge is 0.261 e. The molecular formula is C28H30N2O4. The molecular weight excluding hydrogens is 428 g/mol. The molecule has 3 aromatic rings. The third-order valence-corrected chi connectivity index (χ3v) is 6.89. The summed E-state index contributed by atoms with van der Waals surface area (Å²) in [6, 6.07) is 21.2. The number of imide groups is 1. The lowest BCUT2D eigenvalue weighted by atomic mass is 9.91. The van der Waals surface area contributed by atoms with Crippen LogP contribution in [0.15, 0.2) is 66.7 Å². The van der Waals surface area contributed by atoms with Gasteiger partial charge in [0.05, 0.1) is 19.3 Å². The highest BCUT2D eigenvalue weighted by atomic mass is 16.5. The molecule has 2 heterocycles. The molecule has 5 rings (SSSR count). The Morgan fingerprint density at radius 2 is 1.53 bits per heavy atom. The first-order valence-electron chi connectivity index (χ1n) is 12.0. The minimum Gasteiger partial charge on any atom is -0.389 e. The minimum atomic E-state index is -0.539. The number of ether oxygens (including phenoxy) is 1. The highest BCUT2D eigenvalue weighted by Crippen LogP contribution is 2.31. The van der Waals surface area contributed by atoms with E-state index in [0.717, 1.165) is 42.3 Å². The number of rotatable bonds is 8. The lowest BCUT2D eigenvalue weighted by molar-refractivity contribution is 0.00360. The molecule has 34 heavy (non-hydrogen) atoms. The number of carbonyl (C=O) groups excluding carboxylic acids is 2. The SMILES string of the molecule is O=C1c2cccc3cccc(c23)C(=O)N1CC1CCN(C[C@@H](O)COCc2ccccc2)CC1. The molecule has 0 radical (unpaired) electrons. The van der Waals surface area contributed by atoms with E-state index in [9.17, 15) is 14.7 Å². The van der Waals surface area contributed by atoms with Crippen molar-refractivity contribution in [3.05, 3.63) is 83.4 Å². The van der Waals surface area contributed by atoms with E-state index >= 15 is 0 Å². The number of likely N-dealkylation sites (tertiary alicyclic amines) is 1. The van der Waals surface area contributed by atoms with Crippen molar-refractivity contribution in [3.63, 3.8) is 0 Å². The van der Waals surface area contributed by atoms with Crippen LogP contribution in [0, 0.1) is 5.92 Å². The molecule has 1 atom stereocenters. The van der Waals surface area contributed by atoms with E-state index in [-0.39, 0.29) is 17.7 Å². The lowest BCUT2D eigenvalue weighted by Crippen LogP contribution is -2.46. The van der Waals surface area contributed by atoms with Crippen LogP contribution in [0.4, 0.5) is 0 Å². The quantitative estimate of drug-likeness (QED) is 0.521. The molecule has 3 aromatic carbocycles. The van der Waals surface area contributed by atoms with Crippen molar-refractivity contribution < 1.29 is 19.4 Å². The summed E-state index contributed by atoms with van der Waals surface area (Å²) < 4.78 is 5.66. The van der Waals surface area contributed by atoms with E-state index in [1.54, 1.807) is 0 Å².